The lowest BCUT2D eigenvalue weighted by Gasteiger charge is -2.34. The summed E-state index contributed by atoms with van der Waals surface area (Å²) in [7, 11) is 0. The van der Waals surface area contributed by atoms with Gasteiger partial charge in [0, 0.05) is 24.5 Å². The van der Waals surface area contributed by atoms with Crippen LogP contribution in [-0.4, -0.2) is 29.9 Å². The van der Waals surface area contributed by atoms with Crippen LogP contribution in [0.5, 0.6) is 0 Å². The molecule has 3 heteroatoms. The molecule has 1 aliphatic rings. The summed E-state index contributed by atoms with van der Waals surface area (Å²) < 4.78 is 0. The maximum Gasteiger partial charge on any atom is 0.225 e. The Balaban J connectivity index is 1.89. The molecule has 0 aromatic heterocycles. The van der Waals surface area contributed by atoms with Crippen molar-refractivity contribution in [2.24, 2.45) is 5.41 Å². The highest BCUT2D eigenvalue weighted by atomic mass is 16.2. The summed E-state index contributed by atoms with van der Waals surface area (Å²) in [5.41, 5.74) is 2.34. The standard InChI is InChI=1S/C18H28N2O/c1-14-7-9-15(10-8-14)12-20-11-5-6-16(13-20)19-17(21)18(2,3)4/h7-10,16H,5-6,11-13H2,1-4H3,(H,19,21). The van der Waals surface area contributed by atoms with Crippen LogP contribution in [0.15, 0.2) is 24.3 Å². The van der Waals surface area contributed by atoms with Crippen molar-refractivity contribution in [1.82, 2.24) is 10.2 Å². The molecule has 1 atom stereocenters. The van der Waals surface area contributed by atoms with Crippen LogP contribution in [0.4, 0.5) is 0 Å². The number of hydrogen-bond donors (Lipinski definition) is 1. The van der Waals surface area contributed by atoms with Crippen molar-refractivity contribution in [1.29, 1.82) is 0 Å². The summed E-state index contributed by atoms with van der Waals surface area (Å²) in [6.07, 6.45) is 2.24. The van der Waals surface area contributed by atoms with Gasteiger partial charge in [0.1, 0.15) is 0 Å². The maximum atomic E-state index is 12.1. The third kappa shape index (κ3) is 4.85. The third-order valence-electron chi connectivity index (χ3n) is 4.05. The highest BCUT2D eigenvalue weighted by Crippen LogP contribution is 2.17. The first-order valence-corrected chi connectivity index (χ1v) is 7.93. The van der Waals surface area contributed by atoms with E-state index in [0.29, 0.717) is 0 Å². The van der Waals surface area contributed by atoms with Gasteiger partial charge in [-0.2, -0.15) is 0 Å². The molecule has 0 radical (unpaired) electrons. The minimum Gasteiger partial charge on any atom is -0.352 e. The largest absolute Gasteiger partial charge is 0.352 e. The van der Waals surface area contributed by atoms with Gasteiger partial charge in [-0.3, -0.25) is 9.69 Å². The van der Waals surface area contributed by atoms with Crippen molar-refractivity contribution in [2.45, 2.75) is 53.1 Å². The van der Waals surface area contributed by atoms with Gasteiger partial charge in [0.05, 0.1) is 0 Å². The van der Waals surface area contributed by atoms with E-state index in [2.05, 4.69) is 41.4 Å². The first kappa shape index (κ1) is 16.0. The molecule has 1 aromatic rings. The van der Waals surface area contributed by atoms with Gasteiger partial charge in [-0.05, 0) is 31.9 Å². The number of piperidine rings is 1. The molecule has 21 heavy (non-hydrogen) atoms. The minimum absolute atomic E-state index is 0.157. The number of amides is 1. The van der Waals surface area contributed by atoms with E-state index < -0.39 is 0 Å². The van der Waals surface area contributed by atoms with Crippen LogP contribution in [-0.2, 0) is 11.3 Å². The Kier molecular flexibility index (Phi) is 5.04. The van der Waals surface area contributed by atoms with Gasteiger partial charge in [-0.1, -0.05) is 50.6 Å². The molecule has 1 N–H and O–H groups in total. The molecule has 1 heterocycles. The van der Waals surface area contributed by atoms with Crippen molar-refractivity contribution in [3.63, 3.8) is 0 Å². The number of nitrogens with zero attached hydrogens (tertiary/aromatic N) is 1. The van der Waals surface area contributed by atoms with E-state index in [1.54, 1.807) is 0 Å². The van der Waals surface area contributed by atoms with E-state index in [1.807, 2.05) is 20.8 Å². The fourth-order valence-electron chi connectivity index (χ4n) is 2.67. The molecule has 1 fully saturated rings. The monoisotopic (exact) mass is 288 g/mol. The Bertz CT molecular complexity index is 473. The number of hydrogen-bond acceptors (Lipinski definition) is 2. The van der Waals surface area contributed by atoms with Gasteiger partial charge >= 0.3 is 0 Å². The van der Waals surface area contributed by atoms with Crippen LogP contribution in [0.25, 0.3) is 0 Å². The zero-order valence-electron chi connectivity index (χ0n) is 13.8. The van der Waals surface area contributed by atoms with Crippen molar-refractivity contribution >= 4 is 5.91 Å². The van der Waals surface area contributed by atoms with Crippen LogP contribution < -0.4 is 5.32 Å². The second-order valence-corrected chi connectivity index (χ2v) is 7.28. The molecule has 0 bridgehead atoms. The van der Waals surface area contributed by atoms with Crippen LogP contribution in [0.2, 0.25) is 0 Å². The lowest BCUT2D eigenvalue weighted by Crippen LogP contribution is -2.50. The number of benzene rings is 1. The second kappa shape index (κ2) is 6.61. The summed E-state index contributed by atoms with van der Waals surface area (Å²) in [4.78, 5) is 14.6. The molecule has 1 aliphatic heterocycles. The topological polar surface area (TPSA) is 32.3 Å². The molecule has 0 aliphatic carbocycles. The van der Waals surface area contributed by atoms with E-state index >= 15 is 0 Å². The van der Waals surface area contributed by atoms with Gasteiger partial charge in [0.25, 0.3) is 0 Å². The number of carbonyl (C=O) groups excluding carboxylic acids is 1. The van der Waals surface area contributed by atoms with Gasteiger partial charge in [0.2, 0.25) is 5.91 Å². The van der Waals surface area contributed by atoms with Crippen molar-refractivity contribution in [3.05, 3.63) is 35.4 Å². The smallest absolute Gasteiger partial charge is 0.225 e. The lowest BCUT2D eigenvalue weighted by atomic mass is 9.94. The van der Waals surface area contributed by atoms with Crippen molar-refractivity contribution in [2.75, 3.05) is 13.1 Å². The summed E-state index contributed by atoms with van der Waals surface area (Å²) >= 11 is 0. The Morgan fingerprint density at radius 2 is 1.95 bits per heavy atom. The van der Waals surface area contributed by atoms with Crippen molar-refractivity contribution < 1.29 is 4.79 Å². The van der Waals surface area contributed by atoms with Crippen LogP contribution in [0.1, 0.15) is 44.7 Å². The Morgan fingerprint density at radius 1 is 1.29 bits per heavy atom. The molecule has 0 spiro atoms. The van der Waals surface area contributed by atoms with E-state index in [1.165, 1.54) is 11.1 Å². The van der Waals surface area contributed by atoms with Crippen LogP contribution in [0, 0.1) is 12.3 Å². The van der Waals surface area contributed by atoms with Crippen LogP contribution in [0.3, 0.4) is 0 Å². The molecule has 3 nitrogen and oxygen atoms in total. The quantitative estimate of drug-likeness (QED) is 0.927. The van der Waals surface area contributed by atoms with Gasteiger partial charge in [0.15, 0.2) is 0 Å². The normalized spacial score (nSPS) is 20.3. The highest BCUT2D eigenvalue weighted by molar-refractivity contribution is 5.81. The lowest BCUT2D eigenvalue weighted by molar-refractivity contribution is -0.129. The van der Waals surface area contributed by atoms with E-state index in [-0.39, 0.29) is 17.4 Å². The number of carbonyl (C=O) groups is 1. The first-order chi connectivity index (χ1) is 9.84. The molecule has 1 aromatic carbocycles. The maximum absolute atomic E-state index is 12.1. The minimum atomic E-state index is -0.306. The summed E-state index contributed by atoms with van der Waals surface area (Å²) in [5.74, 6) is 0.157. The Morgan fingerprint density at radius 3 is 2.57 bits per heavy atom. The first-order valence-electron chi connectivity index (χ1n) is 7.93. The molecule has 1 amide bonds. The third-order valence-corrected chi connectivity index (χ3v) is 4.05. The molecule has 1 saturated heterocycles. The molecular formula is C18H28N2O. The van der Waals surface area contributed by atoms with Crippen molar-refractivity contribution in [3.8, 4) is 0 Å². The molecule has 116 valence electrons. The number of likely N-dealkylation sites (tertiary alicyclic amines) is 1. The average Bonchev–Trinajstić information content (AvgIpc) is 2.41. The highest BCUT2D eigenvalue weighted by Gasteiger charge is 2.26. The van der Waals surface area contributed by atoms with Crippen LogP contribution >= 0.6 is 0 Å². The Hall–Kier alpha value is -1.35. The zero-order chi connectivity index (χ0) is 15.5. The molecular weight excluding hydrogens is 260 g/mol. The fourth-order valence-corrected chi connectivity index (χ4v) is 2.67. The fraction of sp³-hybridized carbons (Fsp3) is 0.611. The summed E-state index contributed by atoms with van der Waals surface area (Å²) in [6, 6.07) is 9.02. The summed E-state index contributed by atoms with van der Waals surface area (Å²) in [6.45, 7) is 11.1. The summed E-state index contributed by atoms with van der Waals surface area (Å²) in [5, 5.41) is 3.20. The predicted molar refractivity (Wildman–Crippen MR) is 87.1 cm³/mol. The zero-order valence-corrected chi connectivity index (χ0v) is 13.8. The number of nitrogens with one attached hydrogen (secondary N) is 1. The SMILES string of the molecule is Cc1ccc(CN2CCCC(NC(=O)C(C)(C)C)C2)cc1. The van der Waals surface area contributed by atoms with Gasteiger partial charge in [-0.15, -0.1) is 0 Å². The van der Waals surface area contributed by atoms with E-state index in [0.717, 1.165) is 32.5 Å². The average molecular weight is 288 g/mol. The predicted octanol–water partition coefficient (Wildman–Crippen LogP) is 3.12. The number of aryl methyl sites for hydroxylation is 1. The van der Waals surface area contributed by atoms with Gasteiger partial charge in [-0.25, -0.2) is 0 Å². The van der Waals surface area contributed by atoms with E-state index in [9.17, 15) is 4.79 Å². The second-order valence-electron chi connectivity index (χ2n) is 7.28. The molecule has 2 rings (SSSR count). The number of rotatable bonds is 3. The molecule has 0 saturated carbocycles. The van der Waals surface area contributed by atoms with E-state index in [4.69, 9.17) is 0 Å². The van der Waals surface area contributed by atoms with Gasteiger partial charge < -0.3 is 5.32 Å². The Labute approximate surface area is 128 Å². The molecule has 1 unspecified atom stereocenters.